The second-order valence-electron chi connectivity index (χ2n) is 6.85. The maximum absolute atomic E-state index is 12.5. The molecule has 1 atom stereocenters. The van der Waals surface area contributed by atoms with E-state index in [9.17, 15) is 9.59 Å². The van der Waals surface area contributed by atoms with E-state index >= 15 is 0 Å². The quantitative estimate of drug-likeness (QED) is 0.799. The highest BCUT2D eigenvalue weighted by Gasteiger charge is 2.47. The summed E-state index contributed by atoms with van der Waals surface area (Å²) in [4.78, 5) is 26.3. The molecule has 0 bridgehead atoms. The van der Waals surface area contributed by atoms with E-state index in [1.807, 2.05) is 6.92 Å². The molecule has 2 amide bonds. The van der Waals surface area contributed by atoms with Gasteiger partial charge in [0.1, 0.15) is 11.4 Å². The first-order chi connectivity index (χ1) is 12.5. The van der Waals surface area contributed by atoms with Gasteiger partial charge in [0.05, 0.1) is 13.2 Å². The molecule has 0 aromatic heterocycles. The van der Waals surface area contributed by atoms with Gasteiger partial charge in [-0.15, -0.1) is 0 Å². The molecule has 142 valence electrons. The van der Waals surface area contributed by atoms with Crippen LogP contribution in [0.15, 0.2) is 24.3 Å². The molecule has 7 heteroatoms. The molecule has 2 fully saturated rings. The zero-order valence-corrected chi connectivity index (χ0v) is 15.3. The predicted octanol–water partition coefficient (Wildman–Crippen LogP) is 1.68. The van der Waals surface area contributed by atoms with Crippen molar-refractivity contribution in [3.05, 3.63) is 24.3 Å². The molecule has 2 aliphatic rings. The van der Waals surface area contributed by atoms with E-state index in [0.29, 0.717) is 37.7 Å². The van der Waals surface area contributed by atoms with Crippen molar-refractivity contribution in [1.82, 2.24) is 4.90 Å². The van der Waals surface area contributed by atoms with Crippen molar-refractivity contribution < 1.29 is 23.8 Å². The van der Waals surface area contributed by atoms with Crippen LogP contribution >= 0.6 is 0 Å². The molecule has 3 rings (SSSR count). The molecule has 1 aromatic carbocycles. The first-order valence-corrected chi connectivity index (χ1v) is 8.98. The summed E-state index contributed by atoms with van der Waals surface area (Å²) in [5, 5.41) is 2.89. The van der Waals surface area contributed by atoms with Gasteiger partial charge in [-0.2, -0.15) is 0 Å². The summed E-state index contributed by atoms with van der Waals surface area (Å²) in [5.41, 5.74) is -0.120. The standard InChI is InChI=1S/C19H26N2O5/c1-19(24-2,14-3-4-14)18(23)20-15-5-7-16(8-6-15)26-13-17(22)21-9-11-25-12-10-21/h5-8,14H,3-4,9-13H2,1-2H3,(H,20,23). The molecule has 1 saturated carbocycles. The number of methoxy groups -OCH3 is 1. The number of anilines is 1. The maximum atomic E-state index is 12.5. The Morgan fingerprint density at radius 1 is 1.23 bits per heavy atom. The van der Waals surface area contributed by atoms with Crippen LogP contribution in [0.3, 0.4) is 0 Å². The van der Waals surface area contributed by atoms with Crippen LogP contribution in [-0.4, -0.2) is 62.3 Å². The molecule has 1 heterocycles. The van der Waals surface area contributed by atoms with Crippen molar-refractivity contribution in [3.8, 4) is 5.75 Å². The van der Waals surface area contributed by atoms with Gasteiger partial charge in [0.25, 0.3) is 11.8 Å². The number of hydrogen-bond donors (Lipinski definition) is 1. The van der Waals surface area contributed by atoms with Crippen LogP contribution in [0.25, 0.3) is 0 Å². The summed E-state index contributed by atoms with van der Waals surface area (Å²) < 4.78 is 16.2. The molecule has 0 radical (unpaired) electrons. The number of benzene rings is 1. The van der Waals surface area contributed by atoms with Crippen molar-refractivity contribution in [2.75, 3.05) is 45.3 Å². The molecular weight excluding hydrogens is 336 g/mol. The Hall–Kier alpha value is -2.12. The minimum Gasteiger partial charge on any atom is -0.484 e. The highest BCUT2D eigenvalue weighted by molar-refractivity contribution is 5.97. The smallest absolute Gasteiger partial charge is 0.260 e. The van der Waals surface area contributed by atoms with Crippen LogP contribution in [0.2, 0.25) is 0 Å². The SMILES string of the molecule is COC(C)(C(=O)Nc1ccc(OCC(=O)N2CCOCC2)cc1)C1CC1. The van der Waals surface area contributed by atoms with E-state index in [-0.39, 0.29) is 24.3 Å². The molecule has 1 unspecified atom stereocenters. The second kappa shape index (κ2) is 8.05. The van der Waals surface area contributed by atoms with Crippen LogP contribution in [0.5, 0.6) is 5.75 Å². The number of nitrogens with zero attached hydrogens (tertiary/aromatic N) is 1. The number of rotatable bonds is 7. The number of nitrogens with one attached hydrogen (secondary N) is 1. The Bertz CT molecular complexity index is 638. The summed E-state index contributed by atoms with van der Waals surface area (Å²) >= 11 is 0. The Balaban J connectivity index is 1.50. The van der Waals surface area contributed by atoms with Gasteiger partial charge in [-0.1, -0.05) is 0 Å². The number of morpholine rings is 1. The van der Waals surface area contributed by atoms with Gasteiger partial charge >= 0.3 is 0 Å². The van der Waals surface area contributed by atoms with Gasteiger partial charge in [-0.05, 0) is 49.9 Å². The summed E-state index contributed by atoms with van der Waals surface area (Å²) in [7, 11) is 1.57. The molecular formula is C19H26N2O5. The van der Waals surface area contributed by atoms with Crippen LogP contribution in [0, 0.1) is 5.92 Å². The fourth-order valence-electron chi connectivity index (χ4n) is 3.02. The molecule has 1 aliphatic heterocycles. The first-order valence-electron chi connectivity index (χ1n) is 8.98. The maximum Gasteiger partial charge on any atom is 0.260 e. The summed E-state index contributed by atoms with van der Waals surface area (Å²) in [5.74, 6) is 0.673. The highest BCUT2D eigenvalue weighted by Crippen LogP contribution is 2.42. The number of amides is 2. The fourth-order valence-corrected chi connectivity index (χ4v) is 3.02. The molecule has 7 nitrogen and oxygen atoms in total. The van der Waals surface area contributed by atoms with Crippen molar-refractivity contribution >= 4 is 17.5 Å². The summed E-state index contributed by atoms with van der Waals surface area (Å²) in [6.45, 7) is 4.17. The van der Waals surface area contributed by atoms with Gasteiger partial charge in [-0.25, -0.2) is 0 Å². The third kappa shape index (κ3) is 4.34. The highest BCUT2D eigenvalue weighted by atomic mass is 16.5. The number of hydrogen-bond acceptors (Lipinski definition) is 5. The topological polar surface area (TPSA) is 77.1 Å². The van der Waals surface area contributed by atoms with E-state index < -0.39 is 5.60 Å². The third-order valence-electron chi connectivity index (χ3n) is 5.07. The van der Waals surface area contributed by atoms with E-state index in [0.717, 1.165) is 12.8 Å². The van der Waals surface area contributed by atoms with Crippen LogP contribution in [0.4, 0.5) is 5.69 Å². The number of carbonyl (C=O) groups excluding carboxylic acids is 2. The normalized spacial score (nSPS) is 19.5. The monoisotopic (exact) mass is 362 g/mol. The molecule has 1 N–H and O–H groups in total. The fraction of sp³-hybridized carbons (Fsp3) is 0.579. The number of carbonyl (C=O) groups is 2. The molecule has 0 spiro atoms. The van der Waals surface area contributed by atoms with Gasteiger partial charge in [0.15, 0.2) is 6.61 Å². The Kier molecular flexibility index (Phi) is 5.78. The lowest BCUT2D eigenvalue weighted by Crippen LogP contribution is -2.44. The predicted molar refractivity (Wildman–Crippen MR) is 96.1 cm³/mol. The van der Waals surface area contributed by atoms with Gasteiger partial charge < -0.3 is 24.4 Å². The van der Waals surface area contributed by atoms with Crippen molar-refractivity contribution in [2.45, 2.75) is 25.4 Å². The van der Waals surface area contributed by atoms with Crippen LogP contribution < -0.4 is 10.1 Å². The first kappa shape index (κ1) is 18.7. The van der Waals surface area contributed by atoms with E-state index in [1.54, 1.807) is 36.3 Å². The minimum absolute atomic E-state index is 0.00483. The average molecular weight is 362 g/mol. The van der Waals surface area contributed by atoms with E-state index in [4.69, 9.17) is 14.2 Å². The van der Waals surface area contributed by atoms with E-state index in [2.05, 4.69) is 5.32 Å². The van der Waals surface area contributed by atoms with Crippen molar-refractivity contribution in [3.63, 3.8) is 0 Å². The summed E-state index contributed by atoms with van der Waals surface area (Å²) in [6.07, 6.45) is 2.03. The van der Waals surface area contributed by atoms with Crippen LogP contribution in [0.1, 0.15) is 19.8 Å². The lowest BCUT2D eigenvalue weighted by Gasteiger charge is -2.27. The Morgan fingerprint density at radius 2 is 1.88 bits per heavy atom. The second-order valence-corrected chi connectivity index (χ2v) is 6.85. The minimum atomic E-state index is -0.792. The third-order valence-corrected chi connectivity index (χ3v) is 5.07. The van der Waals surface area contributed by atoms with Crippen LogP contribution in [-0.2, 0) is 19.1 Å². The average Bonchev–Trinajstić information content (AvgIpc) is 3.53. The summed E-state index contributed by atoms with van der Waals surface area (Å²) in [6, 6.07) is 7.00. The molecule has 1 aromatic rings. The molecule has 1 aliphatic carbocycles. The van der Waals surface area contributed by atoms with Crippen molar-refractivity contribution in [1.29, 1.82) is 0 Å². The van der Waals surface area contributed by atoms with Gasteiger partial charge in [0, 0.05) is 25.9 Å². The molecule has 1 saturated heterocycles. The number of ether oxygens (including phenoxy) is 3. The van der Waals surface area contributed by atoms with E-state index in [1.165, 1.54) is 0 Å². The Labute approximate surface area is 153 Å². The van der Waals surface area contributed by atoms with Gasteiger partial charge in [-0.3, -0.25) is 9.59 Å². The zero-order chi connectivity index (χ0) is 18.6. The zero-order valence-electron chi connectivity index (χ0n) is 15.3. The lowest BCUT2D eigenvalue weighted by molar-refractivity contribution is -0.138. The largest absolute Gasteiger partial charge is 0.484 e. The van der Waals surface area contributed by atoms with Crippen molar-refractivity contribution in [2.24, 2.45) is 5.92 Å². The molecule has 26 heavy (non-hydrogen) atoms. The Morgan fingerprint density at radius 3 is 2.46 bits per heavy atom. The lowest BCUT2D eigenvalue weighted by atomic mass is 9.99. The van der Waals surface area contributed by atoms with Gasteiger partial charge in [0.2, 0.25) is 0 Å².